The zero-order valence-corrected chi connectivity index (χ0v) is 15.6. The third-order valence-corrected chi connectivity index (χ3v) is 7.15. The van der Waals surface area contributed by atoms with Crippen molar-refractivity contribution in [1.29, 1.82) is 0 Å². The van der Waals surface area contributed by atoms with Gasteiger partial charge in [0.25, 0.3) is 0 Å². The predicted molar refractivity (Wildman–Crippen MR) is 102 cm³/mol. The summed E-state index contributed by atoms with van der Waals surface area (Å²) in [4.78, 5) is 39.4. The van der Waals surface area contributed by atoms with Gasteiger partial charge < -0.3 is 15.5 Å². The van der Waals surface area contributed by atoms with Crippen molar-refractivity contribution < 1.29 is 24.6 Å². The molecule has 2 aromatic rings. The van der Waals surface area contributed by atoms with Gasteiger partial charge in [-0.25, -0.2) is 4.98 Å². The van der Waals surface area contributed by atoms with E-state index in [9.17, 15) is 19.5 Å². The van der Waals surface area contributed by atoms with Gasteiger partial charge in [-0.1, -0.05) is 23.9 Å². The zero-order valence-electron chi connectivity index (χ0n) is 14.0. The maximum Gasteiger partial charge on any atom is 0.313 e. The number of nitrogens with zero attached hydrogens (tertiary/aromatic N) is 1. The Labute approximate surface area is 162 Å². The molecular weight excluding hydrogens is 388 g/mol. The Morgan fingerprint density at radius 3 is 2.63 bits per heavy atom. The Bertz CT molecular complexity index is 970. The normalized spacial score (nSPS) is 25.8. The number of carboxylic acids is 2. The van der Waals surface area contributed by atoms with Crippen molar-refractivity contribution in [3.8, 4) is 0 Å². The molecule has 0 radical (unpaired) electrons. The summed E-state index contributed by atoms with van der Waals surface area (Å²) in [5, 5.41) is 21.1. The molecule has 7 nitrogen and oxygen atoms in total. The molecule has 0 aliphatic heterocycles. The summed E-state index contributed by atoms with van der Waals surface area (Å²) in [6, 6.07) is 5.28. The van der Waals surface area contributed by atoms with Gasteiger partial charge in [0.15, 0.2) is 4.34 Å². The minimum absolute atomic E-state index is 0.0257. The molecule has 1 fully saturated rings. The lowest BCUT2D eigenvalue weighted by Crippen LogP contribution is -2.36. The van der Waals surface area contributed by atoms with Gasteiger partial charge in [-0.15, -0.1) is 11.3 Å². The Hall–Kier alpha value is -2.39. The van der Waals surface area contributed by atoms with Gasteiger partial charge in [0.1, 0.15) is 0 Å². The Morgan fingerprint density at radius 2 is 1.93 bits per heavy atom. The van der Waals surface area contributed by atoms with Crippen LogP contribution in [0.2, 0.25) is 0 Å². The fourth-order valence-electron chi connectivity index (χ4n) is 3.91. The lowest BCUT2D eigenvalue weighted by Gasteiger charge is -2.23. The summed E-state index contributed by atoms with van der Waals surface area (Å²) in [7, 11) is 0. The van der Waals surface area contributed by atoms with E-state index in [4.69, 9.17) is 5.11 Å². The molecule has 27 heavy (non-hydrogen) atoms. The third-order valence-electron chi connectivity index (χ3n) is 5.00. The number of aliphatic carboxylic acids is 2. The van der Waals surface area contributed by atoms with Crippen LogP contribution in [-0.2, 0) is 14.4 Å². The van der Waals surface area contributed by atoms with E-state index in [-0.39, 0.29) is 23.5 Å². The minimum Gasteiger partial charge on any atom is -0.481 e. The van der Waals surface area contributed by atoms with E-state index < -0.39 is 23.8 Å². The second-order valence-corrected chi connectivity index (χ2v) is 8.93. The molecule has 1 heterocycles. The van der Waals surface area contributed by atoms with Crippen molar-refractivity contribution in [3.63, 3.8) is 0 Å². The lowest BCUT2D eigenvalue weighted by molar-refractivity contribution is -0.146. The van der Waals surface area contributed by atoms with Gasteiger partial charge in [0.05, 0.1) is 27.8 Å². The molecular formula is C18H16N2O5S2. The van der Waals surface area contributed by atoms with Gasteiger partial charge in [0, 0.05) is 5.69 Å². The molecule has 1 aromatic carbocycles. The van der Waals surface area contributed by atoms with Crippen LogP contribution in [0.5, 0.6) is 0 Å². The van der Waals surface area contributed by atoms with E-state index in [0.29, 0.717) is 16.4 Å². The number of rotatable bonds is 6. The van der Waals surface area contributed by atoms with Crippen LogP contribution in [0.15, 0.2) is 34.7 Å². The maximum atomic E-state index is 12.7. The molecule has 1 amide bonds. The highest BCUT2D eigenvalue weighted by atomic mass is 32.2. The summed E-state index contributed by atoms with van der Waals surface area (Å²) in [6.45, 7) is 0. The fraction of sp³-hybridized carbons (Fsp3) is 0.333. The molecule has 2 aliphatic carbocycles. The largest absolute Gasteiger partial charge is 0.481 e. The first-order chi connectivity index (χ1) is 12.9. The number of aromatic nitrogens is 1. The van der Waals surface area contributed by atoms with Crippen LogP contribution in [0.4, 0.5) is 5.69 Å². The number of anilines is 1. The van der Waals surface area contributed by atoms with Gasteiger partial charge in [0.2, 0.25) is 5.91 Å². The lowest BCUT2D eigenvalue weighted by atomic mass is 9.82. The van der Waals surface area contributed by atoms with Crippen LogP contribution in [0.25, 0.3) is 10.2 Å². The number of thiazole rings is 1. The van der Waals surface area contributed by atoms with E-state index in [0.717, 1.165) is 22.0 Å². The number of thioether (sulfide) groups is 1. The number of amides is 1. The van der Waals surface area contributed by atoms with Crippen molar-refractivity contribution in [2.24, 2.45) is 23.7 Å². The Kier molecular flexibility index (Phi) is 4.65. The molecule has 2 aliphatic rings. The average Bonchev–Trinajstić information content (AvgIpc) is 3.32. The van der Waals surface area contributed by atoms with Crippen LogP contribution in [-0.4, -0.2) is 38.8 Å². The number of fused-ring (bicyclic) bond motifs is 3. The molecule has 0 spiro atoms. The van der Waals surface area contributed by atoms with Crippen molar-refractivity contribution in [3.05, 3.63) is 30.4 Å². The number of allylic oxidation sites excluding steroid dienone is 2. The maximum absolute atomic E-state index is 12.7. The van der Waals surface area contributed by atoms with Crippen LogP contribution < -0.4 is 5.32 Å². The Balaban J connectivity index is 1.51. The molecule has 0 unspecified atom stereocenters. The van der Waals surface area contributed by atoms with E-state index in [1.165, 1.54) is 11.3 Å². The number of carbonyl (C=O) groups is 3. The predicted octanol–water partition coefficient (Wildman–Crippen LogP) is 2.93. The van der Waals surface area contributed by atoms with Crippen molar-refractivity contribution >= 4 is 56.8 Å². The molecule has 3 N–H and O–H groups in total. The monoisotopic (exact) mass is 404 g/mol. The van der Waals surface area contributed by atoms with Crippen LogP contribution in [0, 0.1) is 23.7 Å². The van der Waals surface area contributed by atoms with Gasteiger partial charge in [-0.3, -0.25) is 14.4 Å². The minimum atomic E-state index is -0.926. The molecule has 140 valence electrons. The first-order valence-corrected chi connectivity index (χ1v) is 10.2. The van der Waals surface area contributed by atoms with E-state index in [1.54, 1.807) is 18.2 Å². The highest BCUT2D eigenvalue weighted by molar-refractivity contribution is 8.01. The topological polar surface area (TPSA) is 117 Å². The number of hydrogen-bond acceptors (Lipinski definition) is 6. The molecule has 1 aromatic heterocycles. The quantitative estimate of drug-likeness (QED) is 0.501. The van der Waals surface area contributed by atoms with Gasteiger partial charge in [-0.2, -0.15) is 0 Å². The standard InChI is InChI=1S/C18H16N2O5S2/c21-13(22)7-26-18-20-11-4-3-10(6-12(11)27-18)19-16(23)14-8-1-2-9(5-8)15(14)17(24)25/h1-4,6,8-9,14-15H,5,7H2,(H,19,23)(H,21,22)(H,24,25)/t8-,9-,14+,15+/m0/s1. The van der Waals surface area contributed by atoms with Crippen molar-refractivity contribution in [2.75, 3.05) is 11.1 Å². The summed E-state index contributed by atoms with van der Waals surface area (Å²) in [5.74, 6) is -3.49. The van der Waals surface area contributed by atoms with E-state index in [2.05, 4.69) is 10.3 Å². The summed E-state index contributed by atoms with van der Waals surface area (Å²) in [6.07, 6.45) is 4.58. The fourth-order valence-corrected chi connectivity index (χ4v) is 5.74. The number of carboxylic acid groups (broad SMARTS) is 2. The van der Waals surface area contributed by atoms with Crippen LogP contribution in [0.1, 0.15) is 6.42 Å². The summed E-state index contributed by atoms with van der Waals surface area (Å²) >= 11 is 2.52. The first kappa shape index (κ1) is 18.0. The van der Waals surface area contributed by atoms with E-state index in [1.807, 2.05) is 12.2 Å². The number of nitrogens with one attached hydrogen (secondary N) is 1. The van der Waals surface area contributed by atoms with Crippen molar-refractivity contribution in [2.45, 2.75) is 10.8 Å². The first-order valence-electron chi connectivity index (χ1n) is 8.39. The summed E-state index contributed by atoms with van der Waals surface area (Å²) in [5.41, 5.74) is 1.32. The smallest absolute Gasteiger partial charge is 0.313 e. The van der Waals surface area contributed by atoms with Gasteiger partial charge in [-0.05, 0) is 36.5 Å². The van der Waals surface area contributed by atoms with Crippen molar-refractivity contribution in [1.82, 2.24) is 4.98 Å². The second-order valence-electron chi connectivity index (χ2n) is 6.67. The number of hydrogen-bond donors (Lipinski definition) is 3. The molecule has 2 bridgehead atoms. The van der Waals surface area contributed by atoms with Crippen LogP contribution >= 0.6 is 23.1 Å². The van der Waals surface area contributed by atoms with E-state index >= 15 is 0 Å². The highest BCUT2D eigenvalue weighted by Crippen LogP contribution is 2.48. The molecule has 1 saturated carbocycles. The molecule has 0 saturated heterocycles. The molecule has 4 rings (SSSR count). The zero-order chi connectivity index (χ0) is 19.1. The number of carbonyl (C=O) groups excluding carboxylic acids is 1. The van der Waals surface area contributed by atoms with Gasteiger partial charge >= 0.3 is 11.9 Å². The molecule has 4 atom stereocenters. The molecule has 9 heteroatoms. The second kappa shape index (κ2) is 6.97. The SMILES string of the molecule is O=C(O)CSc1nc2ccc(NC(=O)[C@H]3[C@H](C(=O)O)[C@H]4C=C[C@H]3C4)cc2s1. The third kappa shape index (κ3) is 3.44. The highest BCUT2D eigenvalue weighted by Gasteiger charge is 2.51. The summed E-state index contributed by atoms with van der Waals surface area (Å²) < 4.78 is 1.49. The van der Waals surface area contributed by atoms with Crippen LogP contribution in [0.3, 0.4) is 0 Å². The Morgan fingerprint density at radius 1 is 1.19 bits per heavy atom. The number of benzene rings is 1. The average molecular weight is 404 g/mol.